The van der Waals surface area contributed by atoms with Crippen molar-refractivity contribution in [1.82, 2.24) is 5.01 Å². The maximum absolute atomic E-state index is 6.49. The van der Waals surface area contributed by atoms with E-state index in [1.165, 1.54) is 5.56 Å². The highest BCUT2D eigenvalue weighted by molar-refractivity contribution is 9.10. The van der Waals surface area contributed by atoms with Crippen LogP contribution in [0.4, 0.5) is 0 Å². The Morgan fingerprint density at radius 2 is 1.81 bits per heavy atom. The molecule has 2 heterocycles. The standard InChI is InChI=1S/C25H23BrN2O3/c1-15-7-9-16(10-8-15)20-14-21-19-13-17(26)11-12-22(19)31-25(28(21)27-20)18-5-4-6-23(29-2)24(18)30-3/h4-13,21,25H,14H2,1-3H3/t21-,25+/m0/s1. The highest BCUT2D eigenvalue weighted by atomic mass is 79.9. The van der Waals surface area contributed by atoms with Gasteiger partial charge in [-0.2, -0.15) is 5.10 Å². The molecule has 0 saturated carbocycles. The predicted octanol–water partition coefficient (Wildman–Crippen LogP) is 6.02. The van der Waals surface area contributed by atoms with Crippen molar-refractivity contribution in [3.63, 3.8) is 0 Å². The Labute approximate surface area is 190 Å². The number of nitrogens with zero attached hydrogens (tertiary/aromatic N) is 2. The van der Waals surface area contributed by atoms with Gasteiger partial charge in [0.05, 0.1) is 31.5 Å². The van der Waals surface area contributed by atoms with Gasteiger partial charge in [0, 0.05) is 16.5 Å². The molecule has 6 heteroatoms. The summed E-state index contributed by atoms with van der Waals surface area (Å²) in [5.74, 6) is 2.19. The third kappa shape index (κ3) is 3.45. The van der Waals surface area contributed by atoms with Crippen molar-refractivity contribution in [2.75, 3.05) is 14.2 Å². The van der Waals surface area contributed by atoms with Crippen molar-refractivity contribution in [2.24, 2.45) is 5.10 Å². The molecule has 0 N–H and O–H groups in total. The maximum atomic E-state index is 6.49. The van der Waals surface area contributed by atoms with Crippen molar-refractivity contribution in [3.8, 4) is 17.2 Å². The zero-order valence-corrected chi connectivity index (χ0v) is 19.2. The third-order valence-corrected chi connectivity index (χ3v) is 6.33. The van der Waals surface area contributed by atoms with E-state index in [1.807, 2.05) is 30.3 Å². The molecule has 0 aliphatic carbocycles. The van der Waals surface area contributed by atoms with Crippen molar-refractivity contribution < 1.29 is 14.2 Å². The quantitative estimate of drug-likeness (QED) is 0.459. The largest absolute Gasteiger partial charge is 0.493 e. The van der Waals surface area contributed by atoms with E-state index in [0.717, 1.165) is 39.0 Å². The summed E-state index contributed by atoms with van der Waals surface area (Å²) in [6.07, 6.45) is 0.380. The van der Waals surface area contributed by atoms with Crippen molar-refractivity contribution >= 4 is 21.6 Å². The summed E-state index contributed by atoms with van der Waals surface area (Å²) >= 11 is 3.61. The third-order valence-electron chi connectivity index (χ3n) is 5.84. The minimum atomic E-state index is -0.424. The Kier molecular flexibility index (Phi) is 5.10. The van der Waals surface area contributed by atoms with Crippen LogP contribution < -0.4 is 14.2 Å². The molecule has 0 amide bonds. The van der Waals surface area contributed by atoms with Crippen LogP contribution in [0.15, 0.2) is 70.2 Å². The van der Waals surface area contributed by atoms with Crippen LogP contribution in [0.3, 0.4) is 0 Å². The molecular weight excluding hydrogens is 456 g/mol. The van der Waals surface area contributed by atoms with Crippen LogP contribution in [-0.4, -0.2) is 24.9 Å². The number of hydrazone groups is 1. The smallest absolute Gasteiger partial charge is 0.217 e. The van der Waals surface area contributed by atoms with Gasteiger partial charge >= 0.3 is 0 Å². The fourth-order valence-electron chi connectivity index (χ4n) is 4.29. The number of para-hydroxylation sites is 1. The van der Waals surface area contributed by atoms with Crippen LogP contribution in [0.1, 0.15) is 40.9 Å². The first kappa shape index (κ1) is 19.9. The fourth-order valence-corrected chi connectivity index (χ4v) is 4.67. The molecule has 0 fully saturated rings. The lowest BCUT2D eigenvalue weighted by Gasteiger charge is -2.38. The highest BCUT2D eigenvalue weighted by Gasteiger charge is 2.42. The molecule has 2 atom stereocenters. The van der Waals surface area contributed by atoms with Gasteiger partial charge in [0.15, 0.2) is 11.5 Å². The minimum Gasteiger partial charge on any atom is -0.493 e. The van der Waals surface area contributed by atoms with Gasteiger partial charge in [0.25, 0.3) is 0 Å². The van der Waals surface area contributed by atoms with Crippen molar-refractivity contribution in [3.05, 3.63) is 87.4 Å². The molecule has 3 aromatic rings. The molecule has 0 unspecified atom stereocenters. The Balaban J connectivity index is 1.64. The number of hydrogen-bond acceptors (Lipinski definition) is 5. The van der Waals surface area contributed by atoms with Gasteiger partial charge < -0.3 is 14.2 Å². The maximum Gasteiger partial charge on any atom is 0.217 e. The van der Waals surface area contributed by atoms with Crippen LogP contribution >= 0.6 is 15.9 Å². The van der Waals surface area contributed by atoms with Crippen molar-refractivity contribution in [1.29, 1.82) is 0 Å². The lowest BCUT2D eigenvalue weighted by Crippen LogP contribution is -2.34. The molecule has 5 rings (SSSR count). The molecule has 3 aromatic carbocycles. The average Bonchev–Trinajstić information content (AvgIpc) is 3.24. The molecule has 0 radical (unpaired) electrons. The zero-order valence-electron chi connectivity index (χ0n) is 17.6. The number of halogens is 1. The van der Waals surface area contributed by atoms with Crippen LogP contribution in [0.25, 0.3) is 0 Å². The van der Waals surface area contributed by atoms with Gasteiger partial charge in [-0.15, -0.1) is 0 Å². The number of methoxy groups -OCH3 is 2. The molecule has 158 valence electrons. The van der Waals surface area contributed by atoms with E-state index >= 15 is 0 Å². The summed E-state index contributed by atoms with van der Waals surface area (Å²) in [6, 6.07) is 20.6. The highest BCUT2D eigenvalue weighted by Crippen LogP contribution is 2.50. The van der Waals surface area contributed by atoms with Gasteiger partial charge in [0.2, 0.25) is 6.23 Å². The van der Waals surface area contributed by atoms with Gasteiger partial charge in [-0.1, -0.05) is 51.8 Å². The second-order valence-electron chi connectivity index (χ2n) is 7.75. The molecular formula is C25H23BrN2O3. The topological polar surface area (TPSA) is 43.3 Å². The SMILES string of the molecule is COc1cccc([C@H]2Oc3ccc(Br)cc3[C@@H]3CC(c4ccc(C)cc4)=NN23)c1OC. The first-order chi connectivity index (χ1) is 15.1. The number of rotatable bonds is 4. The van der Waals surface area contributed by atoms with E-state index in [9.17, 15) is 0 Å². The Hall–Kier alpha value is -2.99. The monoisotopic (exact) mass is 478 g/mol. The van der Waals surface area contributed by atoms with E-state index in [2.05, 4.69) is 58.2 Å². The molecule has 2 aliphatic rings. The predicted molar refractivity (Wildman–Crippen MR) is 124 cm³/mol. The number of aryl methyl sites for hydroxylation is 1. The van der Waals surface area contributed by atoms with E-state index in [-0.39, 0.29) is 6.04 Å². The average molecular weight is 479 g/mol. The number of fused-ring (bicyclic) bond motifs is 3. The minimum absolute atomic E-state index is 0.0680. The van der Waals surface area contributed by atoms with E-state index in [4.69, 9.17) is 19.3 Å². The van der Waals surface area contributed by atoms with Crippen LogP contribution in [0.2, 0.25) is 0 Å². The lowest BCUT2D eigenvalue weighted by molar-refractivity contribution is -0.0205. The van der Waals surface area contributed by atoms with Gasteiger partial charge in [-0.25, -0.2) is 5.01 Å². The first-order valence-corrected chi connectivity index (χ1v) is 11.0. The second-order valence-corrected chi connectivity index (χ2v) is 8.66. The zero-order chi connectivity index (χ0) is 21.5. The van der Waals surface area contributed by atoms with Gasteiger partial charge in [-0.3, -0.25) is 0 Å². The first-order valence-electron chi connectivity index (χ1n) is 10.2. The molecule has 5 nitrogen and oxygen atoms in total. The van der Waals surface area contributed by atoms with E-state index < -0.39 is 6.23 Å². The number of benzene rings is 3. The summed E-state index contributed by atoms with van der Waals surface area (Å²) in [7, 11) is 3.29. The molecule has 0 aromatic heterocycles. The van der Waals surface area contributed by atoms with Gasteiger partial charge in [-0.05, 0) is 42.8 Å². The Bertz CT molecular complexity index is 1160. The normalized spacial score (nSPS) is 19.2. The summed E-state index contributed by atoms with van der Waals surface area (Å²) < 4.78 is 18.8. The summed E-state index contributed by atoms with van der Waals surface area (Å²) in [5.41, 5.74) is 5.42. The molecule has 31 heavy (non-hydrogen) atoms. The lowest BCUT2D eigenvalue weighted by atomic mass is 9.95. The number of ether oxygens (including phenoxy) is 3. The van der Waals surface area contributed by atoms with Crippen LogP contribution in [0, 0.1) is 6.92 Å². The second kappa shape index (κ2) is 7.93. The molecule has 0 saturated heterocycles. The van der Waals surface area contributed by atoms with E-state index in [0.29, 0.717) is 11.5 Å². The number of hydrogen-bond donors (Lipinski definition) is 0. The fraction of sp³-hybridized carbons (Fsp3) is 0.240. The molecule has 0 bridgehead atoms. The Morgan fingerprint density at radius 3 is 2.55 bits per heavy atom. The summed E-state index contributed by atoms with van der Waals surface area (Å²) in [6.45, 7) is 2.09. The van der Waals surface area contributed by atoms with Crippen molar-refractivity contribution in [2.45, 2.75) is 25.6 Å². The van der Waals surface area contributed by atoms with Gasteiger partial charge in [0.1, 0.15) is 5.75 Å². The molecule has 0 spiro atoms. The molecule has 2 aliphatic heterocycles. The van der Waals surface area contributed by atoms with Crippen LogP contribution in [0.5, 0.6) is 17.2 Å². The van der Waals surface area contributed by atoms with E-state index in [1.54, 1.807) is 14.2 Å². The summed E-state index contributed by atoms with van der Waals surface area (Å²) in [4.78, 5) is 0. The Morgan fingerprint density at radius 1 is 1.00 bits per heavy atom. The van der Waals surface area contributed by atoms with Crippen LogP contribution in [-0.2, 0) is 0 Å². The summed E-state index contributed by atoms with van der Waals surface area (Å²) in [5, 5.41) is 7.10.